The van der Waals surface area contributed by atoms with Gasteiger partial charge in [0.1, 0.15) is 0 Å². The van der Waals surface area contributed by atoms with Gasteiger partial charge >= 0.3 is 0 Å². The first-order valence-electron chi connectivity index (χ1n) is 10.5. The largest absolute Gasteiger partial charge is 0.336 e. The second kappa shape index (κ2) is 9.22. The highest BCUT2D eigenvalue weighted by Gasteiger charge is 2.50. The summed E-state index contributed by atoms with van der Waals surface area (Å²) in [6, 6.07) is 5.88. The van der Waals surface area contributed by atoms with Gasteiger partial charge in [-0.25, -0.2) is 9.97 Å². The molecule has 7 heteroatoms. The van der Waals surface area contributed by atoms with Gasteiger partial charge in [0.2, 0.25) is 5.91 Å². The van der Waals surface area contributed by atoms with Gasteiger partial charge < -0.3 is 4.90 Å². The van der Waals surface area contributed by atoms with E-state index in [0.717, 1.165) is 61.2 Å². The van der Waals surface area contributed by atoms with Gasteiger partial charge in [-0.3, -0.25) is 14.7 Å². The van der Waals surface area contributed by atoms with Crippen LogP contribution in [0.3, 0.4) is 0 Å². The Bertz CT molecular complexity index is 816. The van der Waals surface area contributed by atoms with E-state index in [1.165, 1.54) is 12.8 Å². The van der Waals surface area contributed by atoms with E-state index in [0.29, 0.717) is 12.5 Å². The molecule has 1 atom stereocenters. The molecule has 0 aliphatic carbocycles. The van der Waals surface area contributed by atoms with Crippen molar-refractivity contribution in [1.29, 1.82) is 0 Å². The van der Waals surface area contributed by atoms with Crippen LogP contribution in [0.2, 0.25) is 0 Å². The van der Waals surface area contributed by atoms with Crippen molar-refractivity contribution in [3.8, 4) is 0 Å². The Morgan fingerprint density at radius 3 is 2.69 bits per heavy atom. The van der Waals surface area contributed by atoms with Crippen molar-refractivity contribution in [3.63, 3.8) is 0 Å². The van der Waals surface area contributed by atoms with Crippen LogP contribution in [0.15, 0.2) is 41.9 Å². The predicted molar refractivity (Wildman–Crippen MR) is 114 cm³/mol. The van der Waals surface area contributed by atoms with Gasteiger partial charge in [-0.15, -0.1) is 0 Å². The number of amides is 1. The highest BCUT2D eigenvalue weighted by molar-refractivity contribution is 7.99. The molecule has 2 aliphatic heterocycles. The first-order chi connectivity index (χ1) is 14.2. The minimum atomic E-state index is -0.217. The van der Waals surface area contributed by atoms with E-state index in [1.807, 2.05) is 35.5 Å². The van der Waals surface area contributed by atoms with E-state index in [4.69, 9.17) is 0 Å². The maximum absolute atomic E-state index is 13.1. The van der Waals surface area contributed by atoms with Crippen LogP contribution in [-0.4, -0.2) is 56.0 Å². The van der Waals surface area contributed by atoms with Crippen LogP contribution in [0.4, 0.5) is 0 Å². The second-order valence-electron chi connectivity index (χ2n) is 8.11. The Balaban J connectivity index is 1.31. The third-order valence-corrected chi connectivity index (χ3v) is 6.89. The minimum Gasteiger partial charge on any atom is -0.336 e. The lowest BCUT2D eigenvalue weighted by atomic mass is 9.85. The number of likely N-dealkylation sites (tertiary alicyclic amines) is 2. The third kappa shape index (κ3) is 4.78. The molecule has 6 nitrogen and oxygen atoms in total. The standard InChI is InChI=1S/C22H29N5OS/c1-2-3-12-29-21-24-13-18(14-25-21)15-26-10-7-22(17-26)8-11-27(20(22)28)16-19-6-4-5-9-23-19/h4-6,9,13-14H,2-3,7-8,10-12,15-17H2,1H3. The molecule has 1 spiro atoms. The zero-order valence-electron chi connectivity index (χ0n) is 17.1. The molecule has 0 radical (unpaired) electrons. The lowest BCUT2D eigenvalue weighted by Gasteiger charge is -2.23. The minimum absolute atomic E-state index is 0.217. The van der Waals surface area contributed by atoms with Gasteiger partial charge in [0.25, 0.3) is 0 Å². The molecule has 1 unspecified atom stereocenters. The maximum atomic E-state index is 13.1. The molecule has 0 bridgehead atoms. The summed E-state index contributed by atoms with van der Waals surface area (Å²) in [5, 5.41) is 0.858. The van der Waals surface area contributed by atoms with Gasteiger partial charge in [0, 0.05) is 49.5 Å². The molecule has 2 aromatic heterocycles. The summed E-state index contributed by atoms with van der Waals surface area (Å²) in [5.41, 5.74) is 1.87. The van der Waals surface area contributed by atoms with E-state index in [-0.39, 0.29) is 5.41 Å². The van der Waals surface area contributed by atoms with E-state index >= 15 is 0 Å². The van der Waals surface area contributed by atoms with Crippen LogP contribution < -0.4 is 0 Å². The zero-order chi connectivity index (χ0) is 20.1. The van der Waals surface area contributed by atoms with Crippen LogP contribution in [0.25, 0.3) is 0 Å². The lowest BCUT2D eigenvalue weighted by Crippen LogP contribution is -2.36. The average molecular weight is 412 g/mol. The first-order valence-corrected chi connectivity index (χ1v) is 11.5. The van der Waals surface area contributed by atoms with E-state index in [1.54, 1.807) is 18.0 Å². The third-order valence-electron chi connectivity index (χ3n) is 5.93. The monoisotopic (exact) mass is 411 g/mol. The number of rotatable bonds is 8. The molecule has 2 aliphatic rings. The van der Waals surface area contributed by atoms with Crippen molar-refractivity contribution in [3.05, 3.63) is 48.0 Å². The molecule has 1 amide bonds. The van der Waals surface area contributed by atoms with Crippen LogP contribution in [0, 0.1) is 5.41 Å². The lowest BCUT2D eigenvalue weighted by molar-refractivity contribution is -0.136. The number of carbonyl (C=O) groups excluding carboxylic acids is 1. The molecule has 2 saturated heterocycles. The van der Waals surface area contributed by atoms with Crippen molar-refractivity contribution >= 4 is 17.7 Å². The quantitative estimate of drug-likeness (QED) is 0.377. The summed E-state index contributed by atoms with van der Waals surface area (Å²) in [4.78, 5) is 30.9. The summed E-state index contributed by atoms with van der Waals surface area (Å²) in [6.45, 7) is 6.24. The second-order valence-corrected chi connectivity index (χ2v) is 9.18. The number of pyridine rings is 1. The fraction of sp³-hybridized carbons (Fsp3) is 0.545. The van der Waals surface area contributed by atoms with Crippen molar-refractivity contribution in [2.24, 2.45) is 5.41 Å². The molecule has 4 heterocycles. The Hall–Kier alpha value is -1.99. The smallest absolute Gasteiger partial charge is 0.230 e. The van der Waals surface area contributed by atoms with E-state index < -0.39 is 0 Å². The van der Waals surface area contributed by atoms with Crippen LogP contribution >= 0.6 is 11.8 Å². The van der Waals surface area contributed by atoms with Crippen LogP contribution in [0.1, 0.15) is 43.9 Å². The molecule has 4 rings (SSSR count). The fourth-order valence-electron chi connectivity index (χ4n) is 4.27. The molecule has 29 heavy (non-hydrogen) atoms. The summed E-state index contributed by atoms with van der Waals surface area (Å²) in [6.07, 6.45) is 9.94. The summed E-state index contributed by atoms with van der Waals surface area (Å²) in [5.74, 6) is 1.37. The molecular formula is C22H29N5OS. The normalized spacial score (nSPS) is 22.1. The van der Waals surface area contributed by atoms with Crippen LogP contribution in [-0.2, 0) is 17.9 Å². The maximum Gasteiger partial charge on any atom is 0.230 e. The molecule has 154 valence electrons. The van der Waals surface area contributed by atoms with Gasteiger partial charge in [0.05, 0.1) is 17.7 Å². The van der Waals surface area contributed by atoms with Crippen molar-refractivity contribution in [2.75, 3.05) is 25.4 Å². The Morgan fingerprint density at radius 2 is 1.93 bits per heavy atom. The fourth-order valence-corrected chi connectivity index (χ4v) is 5.14. The number of thioether (sulfide) groups is 1. The zero-order valence-corrected chi connectivity index (χ0v) is 17.9. The molecular weight excluding hydrogens is 382 g/mol. The topological polar surface area (TPSA) is 62.2 Å². The molecule has 0 aromatic carbocycles. The molecule has 2 aromatic rings. The summed E-state index contributed by atoms with van der Waals surface area (Å²) >= 11 is 1.72. The summed E-state index contributed by atoms with van der Waals surface area (Å²) < 4.78 is 0. The van der Waals surface area contributed by atoms with Crippen molar-refractivity contribution in [2.45, 2.75) is 50.9 Å². The number of aromatic nitrogens is 3. The van der Waals surface area contributed by atoms with E-state index in [9.17, 15) is 4.79 Å². The van der Waals surface area contributed by atoms with Gasteiger partial charge in [-0.2, -0.15) is 0 Å². The highest BCUT2D eigenvalue weighted by Crippen LogP contribution is 2.41. The average Bonchev–Trinajstić information content (AvgIpc) is 3.29. The van der Waals surface area contributed by atoms with Crippen LogP contribution in [0.5, 0.6) is 0 Å². The Kier molecular flexibility index (Phi) is 6.45. The van der Waals surface area contributed by atoms with Gasteiger partial charge in [-0.1, -0.05) is 31.2 Å². The van der Waals surface area contributed by atoms with Gasteiger partial charge in [-0.05, 0) is 37.9 Å². The number of nitrogens with zero attached hydrogens (tertiary/aromatic N) is 5. The van der Waals surface area contributed by atoms with Gasteiger partial charge in [0.15, 0.2) is 5.16 Å². The number of carbonyl (C=O) groups is 1. The number of unbranched alkanes of at least 4 members (excludes halogenated alkanes) is 1. The highest BCUT2D eigenvalue weighted by atomic mass is 32.2. The number of hydrogen-bond acceptors (Lipinski definition) is 6. The Morgan fingerprint density at radius 1 is 1.10 bits per heavy atom. The first kappa shape index (κ1) is 20.3. The van der Waals surface area contributed by atoms with E-state index in [2.05, 4.69) is 26.8 Å². The SMILES string of the molecule is CCCCSc1ncc(CN2CCC3(CCN(Cc4ccccn4)C3=O)C2)cn1. The predicted octanol–water partition coefficient (Wildman–Crippen LogP) is 3.39. The Labute approximate surface area is 177 Å². The number of hydrogen-bond donors (Lipinski definition) is 0. The van der Waals surface area contributed by atoms with Crippen molar-refractivity contribution in [1.82, 2.24) is 24.8 Å². The molecule has 0 N–H and O–H groups in total. The summed E-state index contributed by atoms with van der Waals surface area (Å²) in [7, 11) is 0. The molecule has 0 saturated carbocycles. The van der Waals surface area contributed by atoms with Crippen molar-refractivity contribution < 1.29 is 4.79 Å². The molecule has 2 fully saturated rings.